The third kappa shape index (κ3) is 3.58. The molecule has 0 aliphatic heterocycles. The van der Waals surface area contributed by atoms with Crippen molar-refractivity contribution in [3.63, 3.8) is 0 Å². The minimum atomic E-state index is -0.443. The van der Waals surface area contributed by atoms with E-state index in [0.717, 1.165) is 5.56 Å². The van der Waals surface area contributed by atoms with Crippen molar-refractivity contribution >= 4 is 17.3 Å². The second-order valence-electron chi connectivity index (χ2n) is 4.61. The Morgan fingerprint density at radius 1 is 1.05 bits per heavy atom. The molecule has 2 aromatic carbocycles. The molecule has 0 radical (unpaired) electrons. The Morgan fingerprint density at radius 3 is 2.38 bits per heavy atom. The van der Waals surface area contributed by atoms with Crippen LogP contribution in [0.5, 0.6) is 11.5 Å². The number of halogens is 2. The lowest BCUT2D eigenvalue weighted by molar-refractivity contribution is 0.354. The van der Waals surface area contributed by atoms with E-state index in [1.165, 1.54) is 12.1 Å². The number of benzene rings is 2. The van der Waals surface area contributed by atoms with Gasteiger partial charge in [0, 0.05) is 11.7 Å². The molecule has 0 heterocycles. The van der Waals surface area contributed by atoms with Crippen LogP contribution in [0.15, 0.2) is 36.4 Å². The lowest BCUT2D eigenvalue weighted by Gasteiger charge is -2.17. The molecular weight excluding hydrogens is 293 g/mol. The Labute approximate surface area is 128 Å². The lowest BCUT2D eigenvalue weighted by atomic mass is 10.1. The van der Waals surface area contributed by atoms with Gasteiger partial charge in [0.05, 0.1) is 19.2 Å². The number of anilines is 1. The highest BCUT2D eigenvalue weighted by Gasteiger charge is 2.11. The summed E-state index contributed by atoms with van der Waals surface area (Å²) in [5.41, 5.74) is 1.67. The second-order valence-corrected chi connectivity index (χ2v) is 5.02. The fraction of sp³-hybridized carbons (Fsp3) is 0.250. The van der Waals surface area contributed by atoms with E-state index in [1.54, 1.807) is 20.3 Å². The van der Waals surface area contributed by atoms with E-state index in [9.17, 15) is 4.39 Å². The first-order chi connectivity index (χ1) is 10.0. The van der Waals surface area contributed by atoms with Crippen LogP contribution in [-0.2, 0) is 0 Å². The average Bonchev–Trinajstić information content (AvgIpc) is 2.50. The van der Waals surface area contributed by atoms with Gasteiger partial charge >= 0.3 is 0 Å². The van der Waals surface area contributed by atoms with Crippen LogP contribution in [0.25, 0.3) is 0 Å². The Hall–Kier alpha value is -1.94. The molecule has 1 atom stereocenters. The van der Waals surface area contributed by atoms with E-state index in [1.807, 2.05) is 25.1 Å². The zero-order valence-electron chi connectivity index (χ0n) is 12.1. The number of hydrogen-bond donors (Lipinski definition) is 1. The van der Waals surface area contributed by atoms with E-state index in [4.69, 9.17) is 21.1 Å². The van der Waals surface area contributed by atoms with Crippen molar-refractivity contribution < 1.29 is 13.9 Å². The van der Waals surface area contributed by atoms with Crippen LogP contribution in [-0.4, -0.2) is 14.2 Å². The monoisotopic (exact) mass is 309 g/mol. The number of hydrogen-bond acceptors (Lipinski definition) is 3. The van der Waals surface area contributed by atoms with Gasteiger partial charge in [-0.15, -0.1) is 0 Å². The van der Waals surface area contributed by atoms with Crippen LogP contribution >= 0.6 is 11.6 Å². The van der Waals surface area contributed by atoms with Gasteiger partial charge in [0.1, 0.15) is 5.82 Å². The largest absolute Gasteiger partial charge is 0.493 e. The maximum Gasteiger partial charge on any atom is 0.161 e. The maximum atomic E-state index is 13.4. The molecule has 2 rings (SSSR count). The van der Waals surface area contributed by atoms with Crippen molar-refractivity contribution in [2.75, 3.05) is 19.5 Å². The lowest BCUT2D eigenvalue weighted by Crippen LogP contribution is -2.07. The topological polar surface area (TPSA) is 30.5 Å². The normalized spacial score (nSPS) is 11.9. The van der Waals surface area contributed by atoms with Crippen molar-refractivity contribution in [1.82, 2.24) is 0 Å². The Balaban J connectivity index is 2.19. The molecule has 112 valence electrons. The first-order valence-corrected chi connectivity index (χ1v) is 6.86. The van der Waals surface area contributed by atoms with Gasteiger partial charge in [0.25, 0.3) is 0 Å². The Kier molecular flexibility index (Phi) is 4.91. The van der Waals surface area contributed by atoms with Crippen molar-refractivity contribution in [3.05, 3.63) is 52.8 Å². The molecule has 3 nitrogen and oxygen atoms in total. The first kappa shape index (κ1) is 15.4. The molecule has 2 aromatic rings. The summed E-state index contributed by atoms with van der Waals surface area (Å²) >= 11 is 5.67. The summed E-state index contributed by atoms with van der Waals surface area (Å²) in [5.74, 6) is 0.887. The smallest absolute Gasteiger partial charge is 0.161 e. The highest BCUT2D eigenvalue weighted by atomic mass is 35.5. The summed E-state index contributed by atoms with van der Waals surface area (Å²) in [5, 5.41) is 3.33. The third-order valence-corrected chi connectivity index (χ3v) is 3.52. The predicted octanol–water partition coefficient (Wildman–Crippen LogP) is 4.67. The highest BCUT2D eigenvalue weighted by Crippen LogP contribution is 2.31. The van der Waals surface area contributed by atoms with Crippen LogP contribution in [0.4, 0.5) is 10.1 Å². The molecule has 0 fully saturated rings. The van der Waals surface area contributed by atoms with Crippen LogP contribution in [0.1, 0.15) is 18.5 Å². The van der Waals surface area contributed by atoms with Crippen molar-refractivity contribution in [1.29, 1.82) is 0 Å². The average molecular weight is 310 g/mol. The summed E-state index contributed by atoms with van der Waals surface area (Å²) in [4.78, 5) is 0. The first-order valence-electron chi connectivity index (χ1n) is 6.48. The third-order valence-electron chi connectivity index (χ3n) is 3.21. The molecule has 0 aliphatic rings. The van der Waals surface area contributed by atoms with E-state index >= 15 is 0 Å². The molecule has 1 N–H and O–H groups in total. The Bertz CT molecular complexity index is 634. The fourth-order valence-corrected chi connectivity index (χ4v) is 2.16. The molecule has 0 aromatic heterocycles. The van der Waals surface area contributed by atoms with Gasteiger partial charge in [0.2, 0.25) is 0 Å². The minimum Gasteiger partial charge on any atom is -0.493 e. The molecular formula is C16H17ClFNO2. The molecule has 21 heavy (non-hydrogen) atoms. The molecule has 0 aliphatic carbocycles. The van der Waals surface area contributed by atoms with Crippen molar-refractivity contribution in [2.45, 2.75) is 13.0 Å². The van der Waals surface area contributed by atoms with Crippen molar-refractivity contribution in [2.24, 2.45) is 0 Å². The number of methoxy groups -OCH3 is 2. The van der Waals surface area contributed by atoms with Gasteiger partial charge in [0.15, 0.2) is 11.5 Å². The van der Waals surface area contributed by atoms with Gasteiger partial charge < -0.3 is 14.8 Å². The quantitative estimate of drug-likeness (QED) is 0.870. The molecule has 0 saturated heterocycles. The molecule has 0 bridgehead atoms. The Morgan fingerprint density at radius 2 is 1.76 bits per heavy atom. The molecule has 5 heteroatoms. The SMILES string of the molecule is COc1ccc(C(C)Nc2ccc(Cl)c(F)c2)cc1OC. The van der Waals surface area contributed by atoms with Crippen LogP contribution in [0.2, 0.25) is 5.02 Å². The molecule has 0 spiro atoms. The van der Waals surface area contributed by atoms with E-state index in [0.29, 0.717) is 17.2 Å². The summed E-state index contributed by atoms with van der Waals surface area (Å²) in [6, 6.07) is 10.3. The summed E-state index contributed by atoms with van der Waals surface area (Å²) in [6.45, 7) is 1.98. The predicted molar refractivity (Wildman–Crippen MR) is 83.0 cm³/mol. The summed E-state index contributed by atoms with van der Waals surface area (Å²) < 4.78 is 23.9. The zero-order valence-corrected chi connectivity index (χ0v) is 12.9. The number of rotatable bonds is 5. The maximum absolute atomic E-state index is 13.4. The summed E-state index contributed by atoms with van der Waals surface area (Å²) in [6.07, 6.45) is 0. The number of ether oxygens (including phenoxy) is 2. The molecule has 1 unspecified atom stereocenters. The minimum absolute atomic E-state index is 0.0228. The van der Waals surface area contributed by atoms with Crippen LogP contribution in [0.3, 0.4) is 0 Å². The second kappa shape index (κ2) is 6.68. The highest BCUT2D eigenvalue weighted by molar-refractivity contribution is 6.30. The van der Waals surface area contributed by atoms with Gasteiger partial charge in [-0.2, -0.15) is 0 Å². The van der Waals surface area contributed by atoms with E-state index in [2.05, 4.69) is 5.32 Å². The molecule has 0 amide bonds. The van der Waals surface area contributed by atoms with Gasteiger partial charge in [-0.1, -0.05) is 17.7 Å². The number of nitrogens with one attached hydrogen (secondary N) is 1. The van der Waals surface area contributed by atoms with Crippen LogP contribution < -0.4 is 14.8 Å². The molecule has 0 saturated carbocycles. The zero-order chi connectivity index (χ0) is 15.4. The van der Waals surface area contributed by atoms with E-state index < -0.39 is 5.82 Å². The standard InChI is InChI=1S/C16H17ClFNO2/c1-10(19-12-5-6-13(17)14(18)9-12)11-4-7-15(20-2)16(8-11)21-3/h4-10,19H,1-3H3. The fourth-order valence-electron chi connectivity index (χ4n) is 2.04. The van der Waals surface area contributed by atoms with Gasteiger partial charge in [-0.3, -0.25) is 0 Å². The van der Waals surface area contributed by atoms with Crippen molar-refractivity contribution in [3.8, 4) is 11.5 Å². The van der Waals surface area contributed by atoms with Crippen LogP contribution in [0, 0.1) is 5.82 Å². The van der Waals surface area contributed by atoms with Gasteiger partial charge in [-0.25, -0.2) is 4.39 Å². The summed E-state index contributed by atoms with van der Waals surface area (Å²) in [7, 11) is 3.18. The van der Waals surface area contributed by atoms with E-state index in [-0.39, 0.29) is 11.1 Å². The van der Waals surface area contributed by atoms with Gasteiger partial charge in [-0.05, 0) is 42.8 Å².